The molecule has 1 atom stereocenters. The molecule has 0 rings (SSSR count). The molecular weight excluding hydrogens is 237 g/mol. The Balaban J connectivity index is 0. The summed E-state index contributed by atoms with van der Waals surface area (Å²) >= 11 is 0. The molecule has 15 heavy (non-hydrogen) atoms. The average Bonchev–Trinajstić information content (AvgIpc) is 2.13. The van der Waals surface area contributed by atoms with Gasteiger partial charge in [-0.2, -0.15) is 0 Å². The van der Waals surface area contributed by atoms with Crippen LogP contribution in [0.1, 0.15) is 6.92 Å². The first kappa shape index (κ1) is 18.1. The van der Waals surface area contributed by atoms with Crippen LogP contribution in [0.5, 0.6) is 0 Å². The van der Waals surface area contributed by atoms with Gasteiger partial charge in [-0.05, 0) is 0 Å². The van der Waals surface area contributed by atoms with Crippen LogP contribution < -0.4 is 35.3 Å². The Morgan fingerprint density at radius 1 is 1.20 bits per heavy atom. The summed E-state index contributed by atoms with van der Waals surface area (Å²) in [4.78, 5) is -2.59. The van der Waals surface area contributed by atoms with Crippen molar-refractivity contribution in [2.45, 2.75) is 11.8 Å². The van der Waals surface area contributed by atoms with Crippen LogP contribution in [0.4, 0.5) is 0 Å². The van der Waals surface area contributed by atoms with Crippen molar-refractivity contribution in [1.29, 1.82) is 0 Å². The van der Waals surface area contributed by atoms with Crippen LogP contribution in [0, 0.1) is 5.41 Å². The third-order valence-corrected chi connectivity index (χ3v) is 3.91. The smallest absolute Gasteiger partial charge is 0.746 e. The van der Waals surface area contributed by atoms with E-state index in [-0.39, 0.29) is 29.6 Å². The van der Waals surface area contributed by atoms with E-state index in [0.29, 0.717) is 0 Å². The van der Waals surface area contributed by atoms with E-state index in [1.54, 1.807) is 0 Å². The summed E-state index contributed by atoms with van der Waals surface area (Å²) < 4.78 is 32.4. The third kappa shape index (κ3) is 3.11. The predicted octanol–water partition coefficient (Wildman–Crippen LogP) is -5.83. The van der Waals surface area contributed by atoms with Gasteiger partial charge in [0.25, 0.3) is 0 Å². The van der Waals surface area contributed by atoms with E-state index in [4.69, 9.17) is 21.1 Å². The average molecular weight is 251 g/mol. The summed E-state index contributed by atoms with van der Waals surface area (Å²) in [5, 5.41) is 26.5. The fourth-order valence-electron chi connectivity index (χ4n) is 0.889. The zero-order valence-corrected chi connectivity index (χ0v) is 11.5. The van der Waals surface area contributed by atoms with Crippen molar-refractivity contribution < 1.29 is 57.8 Å². The van der Waals surface area contributed by atoms with Gasteiger partial charge in [0, 0.05) is 5.41 Å². The van der Waals surface area contributed by atoms with E-state index < -0.39 is 40.2 Å². The van der Waals surface area contributed by atoms with Gasteiger partial charge in [0.1, 0.15) is 15.0 Å². The second-order valence-corrected chi connectivity index (χ2v) is 5.02. The molecule has 9 heteroatoms. The van der Waals surface area contributed by atoms with Gasteiger partial charge < -0.3 is 25.6 Å². The molecule has 0 aromatic rings. The Bertz CT molecular complexity index is 290. The molecular formula is C6H14NNaO6S. The molecule has 0 saturated carbocycles. The number of nitrogens with two attached hydrogens (primary N) is 1. The number of hydrogen-bond acceptors (Lipinski definition) is 7. The number of hydrogen-bond donors (Lipinski definition) is 4. The molecule has 0 amide bonds. The second kappa shape index (κ2) is 5.89. The minimum Gasteiger partial charge on any atom is -0.746 e. The first-order valence-corrected chi connectivity index (χ1v) is 5.16. The molecule has 0 heterocycles. The molecule has 1 unspecified atom stereocenters. The van der Waals surface area contributed by atoms with E-state index >= 15 is 0 Å². The first-order valence-electron chi connectivity index (χ1n) is 3.75. The van der Waals surface area contributed by atoms with Crippen LogP contribution in [-0.4, -0.2) is 53.0 Å². The van der Waals surface area contributed by atoms with Crippen molar-refractivity contribution >= 4 is 10.1 Å². The fourth-order valence-corrected chi connectivity index (χ4v) is 1.78. The Morgan fingerprint density at radius 2 is 1.53 bits per heavy atom. The van der Waals surface area contributed by atoms with Crippen LogP contribution in [0.3, 0.4) is 0 Å². The molecule has 0 spiro atoms. The number of aliphatic hydroxyl groups excluding tert-OH is 3. The van der Waals surface area contributed by atoms with E-state index in [1.165, 1.54) is 0 Å². The van der Waals surface area contributed by atoms with Crippen LogP contribution in [0.15, 0.2) is 0 Å². The Labute approximate surface area is 110 Å². The molecule has 0 aliphatic heterocycles. The van der Waals surface area contributed by atoms with Gasteiger partial charge in [0.15, 0.2) is 0 Å². The maximum absolute atomic E-state index is 10.8. The van der Waals surface area contributed by atoms with Crippen molar-refractivity contribution in [1.82, 2.24) is 0 Å². The standard InChI is InChI=1S/C6H15NO6S.Na/c1-5(2-8,3-9)6(7,4-10)14(11,12)13;/h8-10H,2-4,7H2,1H3,(H,11,12,13);/q;+1/p-1. The van der Waals surface area contributed by atoms with Gasteiger partial charge in [-0.25, -0.2) is 8.42 Å². The van der Waals surface area contributed by atoms with Crippen molar-refractivity contribution in [2.75, 3.05) is 19.8 Å². The van der Waals surface area contributed by atoms with Crippen LogP contribution in [0.2, 0.25) is 0 Å². The molecule has 5 N–H and O–H groups in total. The third-order valence-electron chi connectivity index (χ3n) is 2.40. The van der Waals surface area contributed by atoms with Gasteiger partial charge >= 0.3 is 29.6 Å². The predicted molar refractivity (Wildman–Crippen MR) is 46.0 cm³/mol. The molecule has 0 saturated heterocycles. The monoisotopic (exact) mass is 251 g/mol. The van der Waals surface area contributed by atoms with Gasteiger partial charge in [-0.15, -0.1) is 0 Å². The topological polar surface area (TPSA) is 144 Å². The number of rotatable bonds is 5. The minimum absolute atomic E-state index is 0. The maximum atomic E-state index is 10.8. The first-order chi connectivity index (χ1) is 6.18. The van der Waals surface area contributed by atoms with Crippen molar-refractivity contribution in [3.63, 3.8) is 0 Å². The normalized spacial score (nSPS) is 16.7. The van der Waals surface area contributed by atoms with Crippen LogP contribution in [0.25, 0.3) is 0 Å². The van der Waals surface area contributed by atoms with Crippen molar-refractivity contribution in [2.24, 2.45) is 11.1 Å². The molecule has 0 aliphatic rings. The van der Waals surface area contributed by atoms with E-state index in [0.717, 1.165) is 6.92 Å². The molecule has 86 valence electrons. The Kier molecular flexibility index (Phi) is 7.12. The zero-order valence-electron chi connectivity index (χ0n) is 8.67. The van der Waals surface area contributed by atoms with E-state index in [1.807, 2.05) is 0 Å². The van der Waals surface area contributed by atoms with Crippen LogP contribution in [-0.2, 0) is 10.1 Å². The summed E-state index contributed by atoms with van der Waals surface area (Å²) in [6, 6.07) is 0. The molecule has 0 fully saturated rings. The number of aliphatic hydroxyl groups is 3. The van der Waals surface area contributed by atoms with Gasteiger partial charge in [0.2, 0.25) is 0 Å². The minimum atomic E-state index is -5.04. The molecule has 0 aromatic heterocycles. The molecule has 7 nitrogen and oxygen atoms in total. The van der Waals surface area contributed by atoms with Crippen LogP contribution >= 0.6 is 0 Å². The quantitative estimate of drug-likeness (QED) is 0.281. The maximum Gasteiger partial charge on any atom is 1.00 e. The van der Waals surface area contributed by atoms with Crippen molar-refractivity contribution in [3.05, 3.63) is 0 Å². The van der Waals surface area contributed by atoms with Gasteiger partial charge in [0.05, 0.1) is 19.8 Å². The molecule has 0 aliphatic carbocycles. The molecule has 0 bridgehead atoms. The van der Waals surface area contributed by atoms with E-state index in [2.05, 4.69) is 0 Å². The Morgan fingerprint density at radius 3 is 1.60 bits per heavy atom. The SMILES string of the molecule is CC(CO)(CO)C(N)(CO)S(=O)(=O)[O-].[Na+]. The Hall–Kier alpha value is 0.750. The summed E-state index contributed by atoms with van der Waals surface area (Å²) in [6.07, 6.45) is 0. The van der Waals surface area contributed by atoms with Gasteiger partial charge in [-0.3, -0.25) is 0 Å². The summed E-state index contributed by atoms with van der Waals surface area (Å²) in [5.74, 6) is 0. The summed E-state index contributed by atoms with van der Waals surface area (Å²) in [5.41, 5.74) is 3.41. The van der Waals surface area contributed by atoms with Crippen molar-refractivity contribution in [3.8, 4) is 0 Å². The van der Waals surface area contributed by atoms with E-state index in [9.17, 15) is 13.0 Å². The second-order valence-electron chi connectivity index (χ2n) is 3.38. The summed E-state index contributed by atoms with van der Waals surface area (Å²) in [6.45, 7) is -1.74. The largest absolute Gasteiger partial charge is 1.00 e. The molecule has 0 radical (unpaired) electrons. The van der Waals surface area contributed by atoms with Gasteiger partial charge in [-0.1, -0.05) is 6.92 Å². The fraction of sp³-hybridized carbons (Fsp3) is 1.00. The zero-order chi connectivity index (χ0) is 11.6. The molecule has 0 aromatic carbocycles. The summed E-state index contributed by atoms with van der Waals surface area (Å²) in [7, 11) is -5.04.